The van der Waals surface area contributed by atoms with Crippen LogP contribution in [0.5, 0.6) is 5.75 Å². The van der Waals surface area contributed by atoms with Crippen molar-refractivity contribution in [2.45, 2.75) is 26.8 Å². The van der Waals surface area contributed by atoms with Gasteiger partial charge in [0.05, 0.1) is 17.0 Å². The summed E-state index contributed by atoms with van der Waals surface area (Å²) in [4.78, 5) is 47.9. The maximum atomic E-state index is 13.3. The van der Waals surface area contributed by atoms with E-state index in [1.165, 1.54) is 22.6 Å². The van der Waals surface area contributed by atoms with Crippen molar-refractivity contribution >= 4 is 51.8 Å². The Morgan fingerprint density at radius 2 is 1.92 bits per heavy atom. The number of halogens is 2. The molecule has 1 aromatic carbocycles. The third-order valence-corrected chi connectivity index (χ3v) is 5.75. The lowest BCUT2D eigenvalue weighted by Crippen LogP contribution is -2.34. The molecule has 0 saturated heterocycles. The Morgan fingerprint density at radius 1 is 1.14 bits per heavy atom. The number of ether oxygens (including phenoxy) is 2. The molecule has 0 aliphatic carbocycles. The number of fused-ring (bicyclic) bond motifs is 2. The number of hydrogen-bond acceptors (Lipinski definition) is 6. The van der Waals surface area contributed by atoms with E-state index in [2.05, 4.69) is 9.98 Å². The third-order valence-electron chi connectivity index (χ3n) is 5.22. The van der Waals surface area contributed by atoms with Crippen molar-refractivity contribution in [3.8, 4) is 5.75 Å². The highest BCUT2D eigenvalue weighted by molar-refractivity contribution is 6.35. The Kier molecular flexibility index (Phi) is 7.42. The number of amides is 1. The smallest absolute Gasteiger partial charge is 0.341 e. The third kappa shape index (κ3) is 4.98. The number of esters is 1. The number of carbonyl (C=O) groups excluding carboxylic acids is 2. The second-order valence-corrected chi connectivity index (χ2v) is 8.86. The van der Waals surface area contributed by atoms with Crippen LogP contribution in [-0.2, 0) is 9.53 Å². The van der Waals surface area contributed by atoms with E-state index >= 15 is 0 Å². The topological polar surface area (TPSA) is 104 Å². The summed E-state index contributed by atoms with van der Waals surface area (Å²) in [6.45, 7) is 4.96. The van der Waals surface area contributed by atoms with Gasteiger partial charge in [-0.3, -0.25) is 14.0 Å². The zero-order valence-corrected chi connectivity index (χ0v) is 21.2. The fraction of sp³-hybridized carbons (Fsp3) is 0.240. The zero-order chi connectivity index (χ0) is 26.0. The number of aromatic nitrogens is 3. The fourth-order valence-corrected chi connectivity index (χ4v) is 4.15. The van der Waals surface area contributed by atoms with Crippen molar-refractivity contribution in [2.75, 3.05) is 13.2 Å². The summed E-state index contributed by atoms with van der Waals surface area (Å²) >= 11 is 12.0. The monoisotopic (exact) mass is 528 g/mol. The first-order valence-electron chi connectivity index (χ1n) is 11.1. The standard InChI is InChI=1S/C25H22Cl2N4O5/c1-4-35-25(34)17-12-16-22(28-20-7-5-6-10-30(20)24(16)33)31(14(2)3)23(17)29-21(32)13-36-19-9-8-15(26)11-18(19)27/h5-12,14H,4,13H2,1-3H3. The molecule has 0 aliphatic heterocycles. The van der Waals surface area contributed by atoms with Gasteiger partial charge in [0, 0.05) is 17.3 Å². The highest BCUT2D eigenvalue weighted by atomic mass is 35.5. The van der Waals surface area contributed by atoms with Gasteiger partial charge in [-0.25, -0.2) is 9.78 Å². The lowest BCUT2D eigenvalue weighted by molar-refractivity contribution is -0.120. The summed E-state index contributed by atoms with van der Waals surface area (Å²) in [5, 5.41) is 0.848. The summed E-state index contributed by atoms with van der Waals surface area (Å²) in [7, 11) is 0. The van der Waals surface area contributed by atoms with Gasteiger partial charge in [0.2, 0.25) is 0 Å². The Morgan fingerprint density at radius 3 is 2.61 bits per heavy atom. The SMILES string of the molecule is CCOC(=O)c1cc2c(=O)n3ccccc3nc2n(C(C)C)c1=NC(=O)COc1ccc(Cl)cc1Cl. The zero-order valence-electron chi connectivity index (χ0n) is 19.7. The lowest BCUT2D eigenvalue weighted by atomic mass is 10.2. The Bertz CT molecular complexity index is 1630. The van der Waals surface area contributed by atoms with Crippen molar-refractivity contribution in [1.29, 1.82) is 0 Å². The molecule has 3 aromatic heterocycles. The number of rotatable bonds is 6. The Labute approximate surface area is 215 Å². The quantitative estimate of drug-likeness (QED) is 0.274. The maximum Gasteiger partial charge on any atom is 0.341 e. The molecule has 3 heterocycles. The van der Waals surface area contributed by atoms with Gasteiger partial charge in [-0.05, 0) is 57.2 Å². The molecule has 4 rings (SSSR count). The van der Waals surface area contributed by atoms with Gasteiger partial charge < -0.3 is 14.0 Å². The van der Waals surface area contributed by atoms with E-state index in [9.17, 15) is 14.4 Å². The molecule has 0 bridgehead atoms. The molecule has 11 heteroatoms. The largest absolute Gasteiger partial charge is 0.482 e. The van der Waals surface area contributed by atoms with Crippen molar-refractivity contribution in [1.82, 2.24) is 14.0 Å². The normalized spacial score (nSPS) is 11.9. The summed E-state index contributed by atoms with van der Waals surface area (Å²) in [6.07, 6.45) is 1.59. The lowest BCUT2D eigenvalue weighted by Gasteiger charge is -2.17. The molecule has 0 spiro atoms. The number of carbonyl (C=O) groups is 2. The summed E-state index contributed by atoms with van der Waals surface area (Å²) < 4.78 is 13.7. The van der Waals surface area contributed by atoms with E-state index in [1.807, 2.05) is 13.8 Å². The molecule has 4 aromatic rings. The molecule has 186 valence electrons. The minimum Gasteiger partial charge on any atom is -0.482 e. The van der Waals surface area contributed by atoms with Gasteiger partial charge in [-0.15, -0.1) is 0 Å². The first kappa shape index (κ1) is 25.4. The van der Waals surface area contributed by atoms with Gasteiger partial charge in [-0.1, -0.05) is 29.3 Å². The van der Waals surface area contributed by atoms with E-state index < -0.39 is 18.5 Å². The highest BCUT2D eigenvalue weighted by Gasteiger charge is 2.21. The van der Waals surface area contributed by atoms with Crippen LogP contribution in [0.15, 0.2) is 58.4 Å². The molecule has 0 atom stereocenters. The van der Waals surface area contributed by atoms with E-state index in [1.54, 1.807) is 42.0 Å². The molecule has 0 unspecified atom stereocenters. The average molecular weight is 529 g/mol. The van der Waals surface area contributed by atoms with Crippen LogP contribution < -0.4 is 15.8 Å². The molecular weight excluding hydrogens is 507 g/mol. The van der Waals surface area contributed by atoms with E-state index in [4.69, 9.17) is 32.7 Å². The van der Waals surface area contributed by atoms with Crippen molar-refractivity contribution in [3.63, 3.8) is 0 Å². The molecule has 0 aliphatic rings. The van der Waals surface area contributed by atoms with Crippen LogP contribution in [0.25, 0.3) is 16.7 Å². The van der Waals surface area contributed by atoms with Gasteiger partial charge in [-0.2, -0.15) is 4.99 Å². The number of nitrogens with zero attached hydrogens (tertiary/aromatic N) is 4. The highest BCUT2D eigenvalue weighted by Crippen LogP contribution is 2.27. The van der Waals surface area contributed by atoms with Crippen LogP contribution in [0.1, 0.15) is 37.2 Å². The first-order valence-corrected chi connectivity index (χ1v) is 11.9. The molecule has 9 nitrogen and oxygen atoms in total. The van der Waals surface area contributed by atoms with E-state index in [-0.39, 0.29) is 51.1 Å². The molecule has 0 radical (unpaired) electrons. The van der Waals surface area contributed by atoms with Crippen LogP contribution in [-0.4, -0.2) is 39.0 Å². The van der Waals surface area contributed by atoms with Gasteiger partial charge in [0.15, 0.2) is 12.1 Å². The Balaban J connectivity index is 1.92. The van der Waals surface area contributed by atoms with Crippen molar-refractivity contribution < 1.29 is 19.1 Å². The second kappa shape index (κ2) is 10.5. The fourth-order valence-electron chi connectivity index (χ4n) is 3.68. The minimum absolute atomic E-state index is 0.0129. The van der Waals surface area contributed by atoms with Crippen LogP contribution in [0.4, 0.5) is 0 Å². The van der Waals surface area contributed by atoms with Crippen LogP contribution in [0, 0.1) is 0 Å². The molecule has 1 amide bonds. The second-order valence-electron chi connectivity index (χ2n) is 8.02. The van der Waals surface area contributed by atoms with Crippen LogP contribution >= 0.6 is 23.2 Å². The van der Waals surface area contributed by atoms with Crippen LogP contribution in [0.2, 0.25) is 10.0 Å². The Hall–Kier alpha value is -3.69. The summed E-state index contributed by atoms with van der Waals surface area (Å²) in [5.41, 5.74) is 0.299. The number of pyridine rings is 2. The van der Waals surface area contributed by atoms with Gasteiger partial charge >= 0.3 is 5.97 Å². The molecule has 0 fully saturated rings. The summed E-state index contributed by atoms with van der Waals surface area (Å²) in [5.74, 6) is -1.15. The minimum atomic E-state index is -0.723. The van der Waals surface area contributed by atoms with Crippen molar-refractivity contribution in [2.24, 2.45) is 4.99 Å². The number of hydrogen-bond donors (Lipinski definition) is 0. The average Bonchev–Trinajstić information content (AvgIpc) is 2.83. The first-order chi connectivity index (χ1) is 17.2. The molecule has 0 N–H and O–H groups in total. The molecule has 36 heavy (non-hydrogen) atoms. The summed E-state index contributed by atoms with van der Waals surface area (Å²) in [6, 6.07) is 10.8. The molecule has 0 saturated carbocycles. The van der Waals surface area contributed by atoms with E-state index in [0.717, 1.165) is 0 Å². The van der Waals surface area contributed by atoms with Gasteiger partial charge in [0.25, 0.3) is 11.5 Å². The predicted molar refractivity (Wildman–Crippen MR) is 136 cm³/mol. The van der Waals surface area contributed by atoms with Gasteiger partial charge in [0.1, 0.15) is 22.6 Å². The van der Waals surface area contributed by atoms with E-state index in [0.29, 0.717) is 10.7 Å². The molecular formula is C25H22Cl2N4O5. The number of benzene rings is 1. The predicted octanol–water partition coefficient (Wildman–Crippen LogP) is 4.22. The van der Waals surface area contributed by atoms with Crippen molar-refractivity contribution in [3.05, 3.63) is 80.1 Å². The maximum absolute atomic E-state index is 13.3. The van der Waals surface area contributed by atoms with Crippen LogP contribution in [0.3, 0.4) is 0 Å².